The quantitative estimate of drug-likeness (QED) is 0.913. The van der Waals surface area contributed by atoms with Crippen LogP contribution in [0.5, 0.6) is 5.75 Å². The maximum atomic E-state index is 12.4. The van der Waals surface area contributed by atoms with Gasteiger partial charge in [-0.25, -0.2) is 0 Å². The summed E-state index contributed by atoms with van der Waals surface area (Å²) in [6.45, 7) is 1.29. The number of rotatable bonds is 2. The summed E-state index contributed by atoms with van der Waals surface area (Å²) in [6, 6.07) is 3.20. The third kappa shape index (κ3) is 3.14. The van der Waals surface area contributed by atoms with E-state index in [1.54, 1.807) is 17.0 Å². The van der Waals surface area contributed by atoms with Crippen LogP contribution in [0.2, 0.25) is 10.0 Å². The van der Waals surface area contributed by atoms with Gasteiger partial charge in [0.1, 0.15) is 0 Å². The summed E-state index contributed by atoms with van der Waals surface area (Å²) < 4.78 is 5.06. The summed E-state index contributed by atoms with van der Waals surface area (Å²) in [5, 5.41) is 0.666. The molecular weight excluding hydrogens is 287 g/mol. The first-order valence-corrected chi connectivity index (χ1v) is 6.86. The molecule has 104 valence electrons. The number of hydrogen-bond acceptors (Lipinski definition) is 3. The Labute approximate surface area is 122 Å². The molecule has 2 rings (SSSR count). The zero-order chi connectivity index (χ0) is 14.0. The van der Waals surface area contributed by atoms with Crippen molar-refractivity contribution in [3.63, 3.8) is 0 Å². The summed E-state index contributed by atoms with van der Waals surface area (Å²) in [5.74, 6) is 0.289. The van der Waals surface area contributed by atoms with Gasteiger partial charge in [-0.1, -0.05) is 23.2 Å². The molecule has 0 spiro atoms. The van der Waals surface area contributed by atoms with E-state index in [1.165, 1.54) is 7.11 Å². The highest BCUT2D eigenvalue weighted by Gasteiger charge is 2.23. The molecule has 0 radical (unpaired) electrons. The van der Waals surface area contributed by atoms with E-state index in [1.807, 2.05) is 0 Å². The van der Waals surface area contributed by atoms with Gasteiger partial charge in [-0.15, -0.1) is 0 Å². The van der Waals surface area contributed by atoms with Crippen molar-refractivity contribution < 1.29 is 9.53 Å². The molecule has 0 bridgehead atoms. The van der Waals surface area contributed by atoms with E-state index in [4.69, 9.17) is 33.7 Å². The van der Waals surface area contributed by atoms with Gasteiger partial charge in [-0.2, -0.15) is 0 Å². The van der Waals surface area contributed by atoms with Crippen LogP contribution in [0, 0.1) is 0 Å². The lowest BCUT2D eigenvalue weighted by Gasteiger charge is -2.31. The summed E-state index contributed by atoms with van der Waals surface area (Å²) in [5.41, 5.74) is 6.34. The van der Waals surface area contributed by atoms with Crippen LogP contribution in [0.1, 0.15) is 23.2 Å². The Balaban J connectivity index is 2.24. The molecule has 2 N–H and O–H groups in total. The summed E-state index contributed by atoms with van der Waals surface area (Å²) >= 11 is 12.1. The average molecular weight is 303 g/mol. The molecule has 1 saturated heterocycles. The van der Waals surface area contributed by atoms with Crippen LogP contribution in [0.3, 0.4) is 0 Å². The van der Waals surface area contributed by atoms with Crippen molar-refractivity contribution in [3.8, 4) is 5.75 Å². The fourth-order valence-corrected chi connectivity index (χ4v) is 2.90. The molecule has 1 amide bonds. The van der Waals surface area contributed by atoms with Crippen LogP contribution in [0.15, 0.2) is 12.1 Å². The highest BCUT2D eigenvalue weighted by atomic mass is 35.5. The third-order valence-corrected chi connectivity index (χ3v) is 3.76. The lowest BCUT2D eigenvalue weighted by Crippen LogP contribution is -2.45. The van der Waals surface area contributed by atoms with E-state index in [0.717, 1.165) is 12.8 Å². The van der Waals surface area contributed by atoms with Crippen molar-refractivity contribution >= 4 is 29.1 Å². The Morgan fingerprint density at radius 3 is 2.58 bits per heavy atom. The third-order valence-electron chi connectivity index (χ3n) is 3.19. The van der Waals surface area contributed by atoms with Gasteiger partial charge < -0.3 is 15.4 Å². The predicted molar refractivity (Wildman–Crippen MR) is 76.1 cm³/mol. The number of nitrogens with zero attached hydrogens (tertiary/aromatic N) is 1. The molecule has 1 aromatic rings. The average Bonchev–Trinajstić information content (AvgIpc) is 2.37. The summed E-state index contributed by atoms with van der Waals surface area (Å²) in [6.07, 6.45) is 1.87. The maximum absolute atomic E-state index is 12.4. The fourth-order valence-electron chi connectivity index (χ4n) is 2.26. The van der Waals surface area contributed by atoms with E-state index in [9.17, 15) is 4.79 Å². The van der Waals surface area contributed by atoms with E-state index < -0.39 is 0 Å². The number of ether oxygens (including phenoxy) is 1. The first kappa shape index (κ1) is 14.4. The molecule has 19 heavy (non-hydrogen) atoms. The van der Waals surface area contributed by atoms with Gasteiger partial charge in [0.15, 0.2) is 5.75 Å². The Morgan fingerprint density at radius 1 is 1.42 bits per heavy atom. The topological polar surface area (TPSA) is 55.6 Å². The molecular formula is C13H16Cl2N2O2. The number of halogens is 2. The van der Waals surface area contributed by atoms with Crippen molar-refractivity contribution in [1.82, 2.24) is 4.90 Å². The standard InChI is InChI=1S/C13H16Cl2N2O2/c1-19-12-10(14)5-8(6-11(12)15)13(18)17-4-2-3-9(16)7-17/h5-6,9H,2-4,7,16H2,1H3. The number of carbonyl (C=O) groups is 1. The summed E-state index contributed by atoms with van der Waals surface area (Å²) in [4.78, 5) is 14.1. The number of hydrogen-bond donors (Lipinski definition) is 1. The molecule has 4 nitrogen and oxygen atoms in total. The molecule has 1 heterocycles. The van der Waals surface area contributed by atoms with Gasteiger partial charge in [-0.05, 0) is 25.0 Å². The summed E-state index contributed by atoms with van der Waals surface area (Å²) in [7, 11) is 1.48. The first-order chi connectivity index (χ1) is 9.02. The number of carbonyl (C=O) groups excluding carboxylic acids is 1. The van der Waals surface area contributed by atoms with Crippen molar-refractivity contribution in [3.05, 3.63) is 27.7 Å². The van der Waals surface area contributed by atoms with Crippen molar-refractivity contribution in [2.45, 2.75) is 18.9 Å². The van der Waals surface area contributed by atoms with E-state index >= 15 is 0 Å². The number of amides is 1. The van der Waals surface area contributed by atoms with Gasteiger partial charge in [-0.3, -0.25) is 4.79 Å². The molecule has 0 aromatic heterocycles. The molecule has 0 aliphatic carbocycles. The van der Waals surface area contributed by atoms with E-state index in [2.05, 4.69) is 0 Å². The van der Waals surface area contributed by atoms with Crippen molar-refractivity contribution in [2.24, 2.45) is 5.73 Å². The highest BCUT2D eigenvalue weighted by Crippen LogP contribution is 2.34. The largest absolute Gasteiger partial charge is 0.494 e. The second-order valence-corrected chi connectivity index (χ2v) is 5.44. The van der Waals surface area contributed by atoms with Gasteiger partial charge in [0.05, 0.1) is 17.2 Å². The Kier molecular flexibility index (Phi) is 4.55. The van der Waals surface area contributed by atoms with Crippen molar-refractivity contribution in [1.29, 1.82) is 0 Å². The van der Waals surface area contributed by atoms with E-state index in [-0.39, 0.29) is 11.9 Å². The lowest BCUT2D eigenvalue weighted by molar-refractivity contribution is 0.0709. The zero-order valence-electron chi connectivity index (χ0n) is 10.7. The van der Waals surface area contributed by atoms with Gasteiger partial charge in [0.25, 0.3) is 5.91 Å². The molecule has 1 atom stereocenters. The first-order valence-electron chi connectivity index (χ1n) is 6.11. The van der Waals surface area contributed by atoms with Gasteiger partial charge in [0.2, 0.25) is 0 Å². The molecule has 1 aliphatic heterocycles. The highest BCUT2D eigenvalue weighted by molar-refractivity contribution is 6.37. The van der Waals surface area contributed by atoms with Crippen molar-refractivity contribution in [2.75, 3.05) is 20.2 Å². The second-order valence-electron chi connectivity index (χ2n) is 4.63. The number of likely N-dealkylation sites (tertiary alicyclic amines) is 1. The van der Waals surface area contributed by atoms with Crippen LogP contribution in [0.4, 0.5) is 0 Å². The minimum absolute atomic E-state index is 0.0434. The zero-order valence-corrected chi connectivity index (χ0v) is 12.2. The number of methoxy groups -OCH3 is 1. The SMILES string of the molecule is COc1c(Cl)cc(C(=O)N2CCCC(N)C2)cc1Cl. The van der Waals surface area contributed by atoms with Crippen LogP contribution in [0.25, 0.3) is 0 Å². The molecule has 6 heteroatoms. The molecule has 0 saturated carbocycles. The molecule has 1 unspecified atom stereocenters. The normalized spacial score (nSPS) is 19.4. The van der Waals surface area contributed by atoms with Crippen LogP contribution in [-0.2, 0) is 0 Å². The predicted octanol–water partition coefficient (Wildman–Crippen LogP) is 2.57. The Hall–Kier alpha value is -0.970. The lowest BCUT2D eigenvalue weighted by atomic mass is 10.1. The fraction of sp³-hybridized carbons (Fsp3) is 0.462. The number of nitrogens with two attached hydrogens (primary N) is 1. The number of benzene rings is 1. The van der Waals surface area contributed by atoms with Crippen LogP contribution >= 0.6 is 23.2 Å². The maximum Gasteiger partial charge on any atom is 0.254 e. The molecule has 1 aliphatic rings. The number of piperidine rings is 1. The Bertz CT molecular complexity index is 471. The van der Waals surface area contributed by atoms with E-state index in [0.29, 0.717) is 34.4 Å². The minimum atomic E-state index is -0.0957. The van der Waals surface area contributed by atoms with Crippen LogP contribution < -0.4 is 10.5 Å². The van der Waals surface area contributed by atoms with Gasteiger partial charge >= 0.3 is 0 Å². The molecule has 1 fully saturated rings. The second kappa shape index (κ2) is 5.99. The smallest absolute Gasteiger partial charge is 0.254 e. The molecule has 1 aromatic carbocycles. The minimum Gasteiger partial charge on any atom is -0.494 e. The monoisotopic (exact) mass is 302 g/mol. The van der Waals surface area contributed by atoms with Gasteiger partial charge in [0, 0.05) is 24.7 Å². The van der Waals surface area contributed by atoms with Crippen LogP contribution in [-0.4, -0.2) is 37.0 Å². The Morgan fingerprint density at radius 2 is 2.05 bits per heavy atom.